The molecule has 0 aromatic heterocycles. The number of rotatable bonds is 0. The van der Waals surface area contributed by atoms with E-state index in [2.05, 4.69) is 12.2 Å². The monoisotopic (exact) mass is 197 g/mol. The fourth-order valence-corrected chi connectivity index (χ4v) is 1.03. The molecule has 1 aliphatic rings. The molecule has 0 bridgehead atoms. The van der Waals surface area contributed by atoms with Gasteiger partial charge in [0.2, 0.25) is 0 Å². The Hall–Kier alpha value is -0.170. The minimum Gasteiger partial charge on any atom is -0.316 e. The summed E-state index contributed by atoms with van der Waals surface area (Å²) < 4.78 is 31.6. The van der Waals surface area contributed by atoms with E-state index in [1.807, 2.05) is 0 Å². The van der Waals surface area contributed by atoms with Gasteiger partial charge in [-0.25, -0.2) is 0 Å². The molecule has 0 amide bonds. The molecule has 0 aliphatic carbocycles. The van der Waals surface area contributed by atoms with Gasteiger partial charge in [0.05, 0.1) is 0 Å². The number of hydrogen-bond acceptors (Lipinski definition) is 3. The molecule has 0 saturated carbocycles. The standard InChI is InChI=1S/C6H13N.H2O4S/c1-6-3-2-4-7-5-6;1-5(2,3)4/h6-7H,2-5H2,1H3;(H2,1,2,3,4). The fourth-order valence-electron chi connectivity index (χ4n) is 1.03. The first-order chi connectivity index (χ1) is 5.39. The smallest absolute Gasteiger partial charge is 0.316 e. The van der Waals surface area contributed by atoms with Crippen molar-refractivity contribution in [3.05, 3.63) is 0 Å². The molecule has 0 aromatic carbocycles. The summed E-state index contributed by atoms with van der Waals surface area (Å²) in [5, 5.41) is 3.33. The molecule has 1 atom stereocenters. The molecule has 6 heteroatoms. The van der Waals surface area contributed by atoms with Crippen molar-refractivity contribution in [2.24, 2.45) is 5.92 Å². The lowest BCUT2D eigenvalue weighted by Crippen LogP contribution is -2.27. The van der Waals surface area contributed by atoms with E-state index < -0.39 is 10.4 Å². The lowest BCUT2D eigenvalue weighted by molar-refractivity contribution is 0.381. The Morgan fingerprint density at radius 2 is 1.92 bits per heavy atom. The van der Waals surface area contributed by atoms with Crippen LogP contribution in [0.5, 0.6) is 0 Å². The number of hydrogen-bond donors (Lipinski definition) is 3. The Balaban J connectivity index is 0.000000217. The maximum Gasteiger partial charge on any atom is 0.394 e. The van der Waals surface area contributed by atoms with Gasteiger partial charge >= 0.3 is 10.4 Å². The van der Waals surface area contributed by atoms with E-state index >= 15 is 0 Å². The van der Waals surface area contributed by atoms with Crippen LogP contribution in [0, 0.1) is 5.92 Å². The minimum atomic E-state index is -4.67. The van der Waals surface area contributed by atoms with Gasteiger partial charge in [-0.1, -0.05) is 6.92 Å². The molecule has 0 radical (unpaired) electrons. The third-order valence-corrected chi connectivity index (χ3v) is 1.54. The van der Waals surface area contributed by atoms with Gasteiger partial charge in [0.15, 0.2) is 0 Å². The minimum absolute atomic E-state index is 0.925. The average molecular weight is 197 g/mol. The highest BCUT2D eigenvalue weighted by Crippen LogP contribution is 2.06. The Morgan fingerprint density at radius 1 is 1.42 bits per heavy atom. The van der Waals surface area contributed by atoms with Gasteiger partial charge in [0.25, 0.3) is 0 Å². The van der Waals surface area contributed by atoms with Crippen LogP contribution >= 0.6 is 0 Å². The van der Waals surface area contributed by atoms with Gasteiger partial charge in [-0.05, 0) is 31.8 Å². The van der Waals surface area contributed by atoms with Gasteiger partial charge in [-0.3, -0.25) is 9.11 Å². The Bertz CT molecular complexity index is 188. The van der Waals surface area contributed by atoms with Crippen LogP contribution < -0.4 is 5.32 Å². The first-order valence-electron chi connectivity index (χ1n) is 3.80. The van der Waals surface area contributed by atoms with Crippen LogP contribution in [0.2, 0.25) is 0 Å². The topological polar surface area (TPSA) is 86.6 Å². The second kappa shape index (κ2) is 5.47. The summed E-state index contributed by atoms with van der Waals surface area (Å²) in [5.74, 6) is 0.925. The highest BCUT2D eigenvalue weighted by atomic mass is 32.3. The lowest BCUT2D eigenvalue weighted by Gasteiger charge is -2.17. The Labute approximate surface area is 72.7 Å². The van der Waals surface area contributed by atoms with Crippen LogP contribution in [0.1, 0.15) is 19.8 Å². The van der Waals surface area contributed by atoms with E-state index in [0.717, 1.165) is 5.92 Å². The van der Waals surface area contributed by atoms with E-state index in [1.54, 1.807) is 0 Å². The van der Waals surface area contributed by atoms with Crippen molar-refractivity contribution in [3.8, 4) is 0 Å². The third-order valence-electron chi connectivity index (χ3n) is 1.54. The summed E-state index contributed by atoms with van der Waals surface area (Å²) >= 11 is 0. The third kappa shape index (κ3) is 12.5. The van der Waals surface area contributed by atoms with E-state index in [0.29, 0.717) is 0 Å². The molecule has 1 aliphatic heterocycles. The van der Waals surface area contributed by atoms with Crippen molar-refractivity contribution in [1.29, 1.82) is 0 Å². The average Bonchev–Trinajstić information content (AvgIpc) is 1.85. The van der Waals surface area contributed by atoms with Crippen molar-refractivity contribution < 1.29 is 17.5 Å². The van der Waals surface area contributed by atoms with Crippen LogP contribution in [0.3, 0.4) is 0 Å². The van der Waals surface area contributed by atoms with Crippen molar-refractivity contribution in [2.75, 3.05) is 13.1 Å². The summed E-state index contributed by atoms with van der Waals surface area (Å²) in [6.07, 6.45) is 2.80. The first-order valence-corrected chi connectivity index (χ1v) is 5.20. The van der Waals surface area contributed by atoms with Gasteiger partial charge < -0.3 is 5.32 Å². The molecular formula is C6H15NO4S. The molecule has 3 N–H and O–H groups in total. The first kappa shape index (κ1) is 11.8. The highest BCUT2D eigenvalue weighted by molar-refractivity contribution is 7.79. The largest absolute Gasteiger partial charge is 0.394 e. The van der Waals surface area contributed by atoms with Crippen molar-refractivity contribution in [1.82, 2.24) is 5.32 Å². The molecule has 1 fully saturated rings. The van der Waals surface area contributed by atoms with Crippen LogP contribution in [-0.2, 0) is 10.4 Å². The molecule has 74 valence electrons. The van der Waals surface area contributed by atoms with Gasteiger partial charge in [0.1, 0.15) is 0 Å². The molecule has 5 nitrogen and oxygen atoms in total. The van der Waals surface area contributed by atoms with Crippen molar-refractivity contribution in [2.45, 2.75) is 19.8 Å². The Kier molecular flexibility index (Phi) is 5.39. The zero-order valence-electron chi connectivity index (χ0n) is 7.02. The molecule has 12 heavy (non-hydrogen) atoms. The van der Waals surface area contributed by atoms with Crippen molar-refractivity contribution >= 4 is 10.4 Å². The second-order valence-electron chi connectivity index (χ2n) is 2.90. The predicted molar refractivity (Wildman–Crippen MR) is 45.4 cm³/mol. The molecule has 1 rings (SSSR count). The highest BCUT2D eigenvalue weighted by Gasteiger charge is 2.04. The number of nitrogens with one attached hydrogen (secondary N) is 1. The van der Waals surface area contributed by atoms with Gasteiger partial charge in [0, 0.05) is 0 Å². The number of piperidine rings is 1. The molecule has 1 heterocycles. The summed E-state index contributed by atoms with van der Waals surface area (Å²) in [6, 6.07) is 0. The van der Waals surface area contributed by atoms with E-state index in [-0.39, 0.29) is 0 Å². The van der Waals surface area contributed by atoms with Crippen LogP contribution in [-0.4, -0.2) is 30.6 Å². The van der Waals surface area contributed by atoms with E-state index in [9.17, 15) is 0 Å². The quantitative estimate of drug-likeness (QED) is 0.488. The normalized spacial score (nSPS) is 24.1. The van der Waals surface area contributed by atoms with E-state index in [4.69, 9.17) is 17.5 Å². The van der Waals surface area contributed by atoms with Crippen LogP contribution in [0.25, 0.3) is 0 Å². The second-order valence-corrected chi connectivity index (χ2v) is 3.80. The van der Waals surface area contributed by atoms with Crippen LogP contribution in [0.15, 0.2) is 0 Å². The fraction of sp³-hybridized carbons (Fsp3) is 1.00. The molecule has 1 unspecified atom stereocenters. The zero-order chi connectivity index (χ0) is 9.61. The Morgan fingerprint density at radius 3 is 2.08 bits per heavy atom. The van der Waals surface area contributed by atoms with Crippen molar-refractivity contribution in [3.63, 3.8) is 0 Å². The van der Waals surface area contributed by atoms with Gasteiger partial charge in [-0.15, -0.1) is 0 Å². The summed E-state index contributed by atoms with van der Waals surface area (Å²) in [7, 11) is -4.67. The lowest BCUT2D eigenvalue weighted by atomic mass is 10.0. The summed E-state index contributed by atoms with van der Waals surface area (Å²) in [4.78, 5) is 0. The maximum atomic E-state index is 8.74. The molecule has 0 aromatic rings. The molecular weight excluding hydrogens is 182 g/mol. The van der Waals surface area contributed by atoms with Gasteiger partial charge in [-0.2, -0.15) is 8.42 Å². The zero-order valence-corrected chi connectivity index (χ0v) is 7.84. The SMILES string of the molecule is CC1CCCNC1.O=S(=O)(O)O. The summed E-state index contributed by atoms with van der Waals surface area (Å²) in [6.45, 7) is 4.77. The maximum absolute atomic E-state index is 8.74. The predicted octanol–water partition coefficient (Wildman–Crippen LogP) is 0.353. The van der Waals surface area contributed by atoms with E-state index in [1.165, 1.54) is 25.9 Å². The molecule has 1 saturated heterocycles. The molecule has 0 spiro atoms. The summed E-state index contributed by atoms with van der Waals surface area (Å²) in [5.41, 5.74) is 0. The van der Waals surface area contributed by atoms with Crippen LogP contribution in [0.4, 0.5) is 0 Å².